The molecule has 3 unspecified atom stereocenters. The van der Waals surface area contributed by atoms with Crippen LogP contribution in [-0.2, 0) is 19.2 Å². The van der Waals surface area contributed by atoms with Crippen molar-refractivity contribution in [1.29, 1.82) is 0 Å². The standard InChI is InChI=1S/C19H38N8O5S/c1-33-10-7-14(17(31)25-11-15(28)29)27-18(32)13(6-2-3-8-20)26-16(30)12(21)5-4-9-24-19(22)23/h12-14H,2-11,20-21H2,1H3,(H,25,31)(H,26,30)(H,27,32)(H,28,29)(H4,22,23,24). The molecule has 12 N–H and O–H groups in total. The number of aliphatic imine (C=N–C) groups is 1. The molecule has 0 saturated heterocycles. The summed E-state index contributed by atoms with van der Waals surface area (Å²) < 4.78 is 0. The van der Waals surface area contributed by atoms with E-state index in [4.69, 9.17) is 28.0 Å². The third kappa shape index (κ3) is 15.0. The first kappa shape index (κ1) is 30.4. The number of unbranched alkanes of at least 4 members (excludes halogenated alkanes) is 1. The number of thioether (sulfide) groups is 1. The summed E-state index contributed by atoms with van der Waals surface area (Å²) in [6.07, 6.45) is 4.48. The maximum absolute atomic E-state index is 12.9. The molecule has 0 rings (SSSR count). The molecular weight excluding hydrogens is 452 g/mol. The van der Waals surface area contributed by atoms with E-state index in [0.717, 1.165) is 0 Å². The van der Waals surface area contributed by atoms with Crippen molar-refractivity contribution < 1.29 is 24.3 Å². The Morgan fingerprint density at radius 1 is 0.939 bits per heavy atom. The number of guanidine groups is 1. The Hall–Kier alpha value is -2.58. The number of rotatable bonds is 18. The quantitative estimate of drug-likeness (QED) is 0.0566. The highest BCUT2D eigenvalue weighted by Gasteiger charge is 2.27. The van der Waals surface area contributed by atoms with Gasteiger partial charge in [0.1, 0.15) is 18.6 Å². The number of aliphatic carboxylic acids is 1. The number of hydrogen-bond donors (Lipinski definition) is 8. The molecule has 0 fully saturated rings. The minimum absolute atomic E-state index is 0.0481. The van der Waals surface area contributed by atoms with Crippen LogP contribution in [0.25, 0.3) is 0 Å². The second kappa shape index (κ2) is 17.9. The molecule has 190 valence electrons. The highest BCUT2D eigenvalue weighted by atomic mass is 32.2. The van der Waals surface area contributed by atoms with Crippen LogP contribution in [0.3, 0.4) is 0 Å². The van der Waals surface area contributed by atoms with Crippen LogP contribution in [0.4, 0.5) is 0 Å². The first-order valence-electron chi connectivity index (χ1n) is 10.7. The molecule has 0 aliphatic carbocycles. The molecule has 13 nitrogen and oxygen atoms in total. The van der Waals surface area contributed by atoms with Gasteiger partial charge in [-0.25, -0.2) is 0 Å². The van der Waals surface area contributed by atoms with Gasteiger partial charge in [0.2, 0.25) is 17.7 Å². The minimum atomic E-state index is -1.20. The predicted octanol–water partition coefficient (Wildman–Crippen LogP) is -2.58. The lowest BCUT2D eigenvalue weighted by Crippen LogP contribution is -2.56. The molecule has 0 radical (unpaired) electrons. The van der Waals surface area contributed by atoms with E-state index >= 15 is 0 Å². The number of nitrogens with zero attached hydrogens (tertiary/aromatic N) is 1. The summed E-state index contributed by atoms with van der Waals surface area (Å²) in [5, 5.41) is 16.3. The van der Waals surface area contributed by atoms with Gasteiger partial charge in [-0.05, 0) is 57.1 Å². The van der Waals surface area contributed by atoms with Crippen molar-refractivity contribution in [2.75, 3.05) is 31.6 Å². The summed E-state index contributed by atoms with van der Waals surface area (Å²) in [4.78, 5) is 52.3. The van der Waals surface area contributed by atoms with Gasteiger partial charge in [-0.1, -0.05) is 0 Å². The Labute approximate surface area is 198 Å². The maximum atomic E-state index is 12.9. The molecule has 0 heterocycles. The monoisotopic (exact) mass is 490 g/mol. The molecular formula is C19H38N8O5S. The first-order chi connectivity index (χ1) is 15.6. The molecule has 0 aromatic heterocycles. The fraction of sp³-hybridized carbons (Fsp3) is 0.737. The smallest absolute Gasteiger partial charge is 0.322 e. The SMILES string of the molecule is CSCCC(NC(=O)C(CCCCN)NC(=O)C(N)CCCN=C(N)N)C(=O)NCC(=O)O. The fourth-order valence-corrected chi connectivity index (χ4v) is 3.22. The number of carboxylic acids is 1. The maximum Gasteiger partial charge on any atom is 0.322 e. The molecule has 3 atom stereocenters. The Morgan fingerprint density at radius 2 is 1.58 bits per heavy atom. The lowest BCUT2D eigenvalue weighted by atomic mass is 10.1. The topological polar surface area (TPSA) is 241 Å². The molecule has 14 heteroatoms. The first-order valence-corrected chi connectivity index (χ1v) is 12.1. The molecule has 0 saturated carbocycles. The van der Waals surface area contributed by atoms with Crippen molar-refractivity contribution in [3.8, 4) is 0 Å². The van der Waals surface area contributed by atoms with E-state index < -0.39 is 48.4 Å². The van der Waals surface area contributed by atoms with Crippen LogP contribution in [0.2, 0.25) is 0 Å². The second-order valence-electron chi connectivity index (χ2n) is 7.36. The van der Waals surface area contributed by atoms with E-state index in [1.54, 1.807) is 0 Å². The number of hydrogen-bond acceptors (Lipinski definition) is 8. The van der Waals surface area contributed by atoms with Crippen molar-refractivity contribution in [3.63, 3.8) is 0 Å². The van der Waals surface area contributed by atoms with Gasteiger partial charge in [0.05, 0.1) is 6.04 Å². The van der Waals surface area contributed by atoms with Crippen LogP contribution >= 0.6 is 11.8 Å². The lowest BCUT2D eigenvalue weighted by Gasteiger charge is -2.24. The van der Waals surface area contributed by atoms with Crippen molar-refractivity contribution in [2.45, 2.75) is 56.7 Å². The zero-order chi connectivity index (χ0) is 25.2. The van der Waals surface area contributed by atoms with Gasteiger partial charge in [-0.15, -0.1) is 0 Å². The van der Waals surface area contributed by atoms with Gasteiger partial charge in [-0.3, -0.25) is 24.2 Å². The third-order valence-corrected chi connectivity index (χ3v) is 5.19. The zero-order valence-electron chi connectivity index (χ0n) is 19.0. The molecule has 0 bridgehead atoms. The van der Waals surface area contributed by atoms with Gasteiger partial charge >= 0.3 is 5.97 Å². The van der Waals surface area contributed by atoms with Crippen molar-refractivity contribution in [2.24, 2.45) is 27.9 Å². The normalized spacial score (nSPS) is 13.3. The Bertz CT molecular complexity index is 660. The van der Waals surface area contributed by atoms with E-state index in [0.29, 0.717) is 57.4 Å². The van der Waals surface area contributed by atoms with Gasteiger partial charge < -0.3 is 44.0 Å². The third-order valence-electron chi connectivity index (χ3n) is 4.54. The molecule has 0 spiro atoms. The molecule has 0 aliphatic heterocycles. The average Bonchev–Trinajstić information content (AvgIpc) is 2.76. The van der Waals surface area contributed by atoms with Crippen molar-refractivity contribution in [3.05, 3.63) is 0 Å². The van der Waals surface area contributed by atoms with E-state index in [-0.39, 0.29) is 5.96 Å². The fourth-order valence-electron chi connectivity index (χ4n) is 2.75. The average molecular weight is 491 g/mol. The Kier molecular flexibility index (Phi) is 16.5. The number of carbonyl (C=O) groups excluding carboxylic acids is 3. The largest absolute Gasteiger partial charge is 0.480 e. The van der Waals surface area contributed by atoms with Crippen molar-refractivity contribution >= 4 is 41.4 Å². The molecule has 33 heavy (non-hydrogen) atoms. The molecule has 0 aromatic rings. The van der Waals surface area contributed by atoms with E-state index in [9.17, 15) is 19.2 Å². The van der Waals surface area contributed by atoms with Crippen LogP contribution in [-0.4, -0.2) is 84.5 Å². The van der Waals surface area contributed by atoms with E-state index in [1.165, 1.54) is 11.8 Å². The highest BCUT2D eigenvalue weighted by Crippen LogP contribution is 2.06. The van der Waals surface area contributed by atoms with Gasteiger partial charge in [0.15, 0.2) is 5.96 Å². The number of amides is 3. The van der Waals surface area contributed by atoms with Crippen molar-refractivity contribution in [1.82, 2.24) is 16.0 Å². The predicted molar refractivity (Wildman–Crippen MR) is 128 cm³/mol. The summed E-state index contributed by atoms with van der Waals surface area (Å²) in [5.41, 5.74) is 22.0. The summed E-state index contributed by atoms with van der Waals surface area (Å²) in [7, 11) is 0. The van der Waals surface area contributed by atoms with Gasteiger partial charge in [-0.2, -0.15) is 11.8 Å². The minimum Gasteiger partial charge on any atom is -0.480 e. The van der Waals surface area contributed by atoms with Crippen LogP contribution < -0.4 is 38.9 Å². The molecule has 0 aromatic carbocycles. The number of carboxylic acid groups (broad SMARTS) is 1. The summed E-state index contributed by atoms with van der Waals surface area (Å²) in [6.45, 7) is 0.197. The Balaban J connectivity index is 5.12. The van der Waals surface area contributed by atoms with Crippen LogP contribution in [0.5, 0.6) is 0 Å². The summed E-state index contributed by atoms with van der Waals surface area (Å²) in [6, 6.07) is -2.72. The van der Waals surface area contributed by atoms with E-state index in [2.05, 4.69) is 20.9 Å². The lowest BCUT2D eigenvalue weighted by molar-refractivity contribution is -0.138. The molecule has 0 aliphatic rings. The number of carbonyl (C=O) groups is 4. The second-order valence-corrected chi connectivity index (χ2v) is 8.34. The number of nitrogens with two attached hydrogens (primary N) is 4. The zero-order valence-corrected chi connectivity index (χ0v) is 19.9. The van der Waals surface area contributed by atoms with Gasteiger partial charge in [0, 0.05) is 6.54 Å². The highest BCUT2D eigenvalue weighted by molar-refractivity contribution is 7.98. The summed E-state index contributed by atoms with van der Waals surface area (Å²) >= 11 is 1.48. The van der Waals surface area contributed by atoms with Crippen LogP contribution in [0.1, 0.15) is 38.5 Å². The molecule has 3 amide bonds. The summed E-state index contributed by atoms with van der Waals surface area (Å²) in [5.74, 6) is -2.35. The van der Waals surface area contributed by atoms with Crippen LogP contribution in [0, 0.1) is 0 Å². The Morgan fingerprint density at radius 3 is 2.15 bits per heavy atom. The van der Waals surface area contributed by atoms with Crippen LogP contribution in [0.15, 0.2) is 4.99 Å². The van der Waals surface area contributed by atoms with Gasteiger partial charge in [0.25, 0.3) is 0 Å². The number of nitrogens with one attached hydrogen (secondary N) is 3. The van der Waals surface area contributed by atoms with E-state index in [1.807, 2.05) is 6.26 Å².